The Kier molecular flexibility index (Phi) is 5.73. The molecule has 142 valence electrons. The monoisotopic (exact) mass is 356 g/mol. The Morgan fingerprint density at radius 1 is 1.12 bits per heavy atom. The first kappa shape index (κ1) is 17.8. The van der Waals surface area contributed by atoms with Gasteiger partial charge in [-0.2, -0.15) is 0 Å². The molecule has 0 aromatic carbocycles. The van der Waals surface area contributed by atoms with Gasteiger partial charge in [-0.15, -0.1) is 0 Å². The van der Waals surface area contributed by atoms with E-state index in [0.717, 1.165) is 24.7 Å². The van der Waals surface area contributed by atoms with E-state index in [0.29, 0.717) is 12.0 Å². The van der Waals surface area contributed by atoms with Gasteiger partial charge >= 0.3 is 0 Å². The molecular weight excluding hydrogens is 324 g/mol. The lowest BCUT2D eigenvalue weighted by Gasteiger charge is -2.35. The number of hydrogen-bond acceptors (Lipinski definition) is 4. The van der Waals surface area contributed by atoms with E-state index in [9.17, 15) is 0 Å². The standard InChI is InChI=1S/C21H32N4O/c1-17-22-11-14-24(17)13-10-19-9-5-6-12-25(19)16-20-15-21(23-26-20)18-7-3-2-4-8-18/h11,14-15,18-19H,2-10,12-13,16H2,1H3. The van der Waals surface area contributed by atoms with E-state index in [1.807, 2.05) is 6.20 Å². The van der Waals surface area contributed by atoms with Crippen LogP contribution >= 0.6 is 0 Å². The number of imidazole rings is 1. The molecule has 0 bridgehead atoms. The Morgan fingerprint density at radius 2 is 1.96 bits per heavy atom. The topological polar surface area (TPSA) is 47.1 Å². The normalized spacial score (nSPS) is 22.7. The van der Waals surface area contributed by atoms with Gasteiger partial charge in [0, 0.05) is 37.0 Å². The van der Waals surface area contributed by atoms with Crippen molar-refractivity contribution in [3.05, 3.63) is 35.7 Å². The van der Waals surface area contributed by atoms with Crippen LogP contribution < -0.4 is 0 Å². The van der Waals surface area contributed by atoms with E-state index in [-0.39, 0.29) is 0 Å². The number of nitrogens with zero attached hydrogens (tertiary/aromatic N) is 4. The quantitative estimate of drug-likeness (QED) is 0.754. The Hall–Kier alpha value is -1.62. The van der Waals surface area contributed by atoms with Crippen molar-refractivity contribution in [1.29, 1.82) is 0 Å². The lowest BCUT2D eigenvalue weighted by Crippen LogP contribution is -2.39. The highest BCUT2D eigenvalue weighted by atomic mass is 16.5. The second-order valence-corrected chi connectivity index (χ2v) is 8.13. The molecule has 1 saturated heterocycles. The van der Waals surface area contributed by atoms with Crippen LogP contribution in [0.15, 0.2) is 23.0 Å². The molecule has 0 N–H and O–H groups in total. The molecule has 1 saturated carbocycles. The largest absolute Gasteiger partial charge is 0.360 e. The number of hydrogen-bond donors (Lipinski definition) is 0. The Morgan fingerprint density at radius 3 is 2.77 bits per heavy atom. The van der Waals surface area contributed by atoms with Gasteiger partial charge in [0.15, 0.2) is 5.76 Å². The van der Waals surface area contributed by atoms with Crippen molar-refractivity contribution in [2.24, 2.45) is 0 Å². The first-order valence-corrected chi connectivity index (χ1v) is 10.5. The first-order valence-electron chi connectivity index (χ1n) is 10.5. The van der Waals surface area contributed by atoms with Crippen molar-refractivity contribution < 1.29 is 4.52 Å². The van der Waals surface area contributed by atoms with Gasteiger partial charge in [-0.25, -0.2) is 4.98 Å². The molecular formula is C21H32N4O. The fourth-order valence-electron chi connectivity index (χ4n) is 4.72. The number of piperidine rings is 1. The fraction of sp³-hybridized carbons (Fsp3) is 0.714. The number of aromatic nitrogens is 3. The summed E-state index contributed by atoms with van der Waals surface area (Å²) in [7, 11) is 0. The third kappa shape index (κ3) is 4.20. The number of rotatable bonds is 6. The summed E-state index contributed by atoms with van der Waals surface area (Å²) < 4.78 is 8.00. The van der Waals surface area contributed by atoms with Crippen molar-refractivity contribution in [2.75, 3.05) is 6.54 Å². The molecule has 1 aliphatic heterocycles. The molecule has 4 rings (SSSR count). The van der Waals surface area contributed by atoms with E-state index in [1.165, 1.54) is 70.0 Å². The van der Waals surface area contributed by atoms with Crippen molar-refractivity contribution in [1.82, 2.24) is 19.6 Å². The van der Waals surface area contributed by atoms with Gasteiger partial charge in [0.2, 0.25) is 0 Å². The minimum Gasteiger partial charge on any atom is -0.360 e. The van der Waals surface area contributed by atoms with Gasteiger partial charge in [0.05, 0.1) is 12.2 Å². The maximum absolute atomic E-state index is 5.73. The molecule has 0 radical (unpaired) electrons. The second kappa shape index (κ2) is 8.38. The summed E-state index contributed by atoms with van der Waals surface area (Å²) in [6.07, 6.45) is 15.7. The fourth-order valence-corrected chi connectivity index (χ4v) is 4.72. The third-order valence-electron chi connectivity index (χ3n) is 6.34. The van der Waals surface area contributed by atoms with Gasteiger partial charge in [-0.3, -0.25) is 4.90 Å². The van der Waals surface area contributed by atoms with E-state index in [4.69, 9.17) is 4.52 Å². The zero-order valence-electron chi connectivity index (χ0n) is 16.1. The Balaban J connectivity index is 1.36. The summed E-state index contributed by atoms with van der Waals surface area (Å²) in [5.41, 5.74) is 1.20. The van der Waals surface area contributed by atoms with Crippen molar-refractivity contribution in [2.45, 2.75) is 89.8 Å². The molecule has 3 heterocycles. The highest BCUT2D eigenvalue weighted by Gasteiger charge is 2.25. The smallest absolute Gasteiger partial charge is 0.150 e. The van der Waals surface area contributed by atoms with Gasteiger partial charge < -0.3 is 9.09 Å². The summed E-state index contributed by atoms with van der Waals surface area (Å²) in [6, 6.07) is 2.87. The SMILES string of the molecule is Cc1nccn1CCC1CCCCN1Cc1cc(C2CCCCC2)no1. The third-order valence-corrected chi connectivity index (χ3v) is 6.34. The zero-order valence-corrected chi connectivity index (χ0v) is 16.1. The molecule has 2 aliphatic rings. The summed E-state index contributed by atoms with van der Waals surface area (Å²) in [5, 5.41) is 4.41. The average Bonchev–Trinajstić information content (AvgIpc) is 3.31. The van der Waals surface area contributed by atoms with Gasteiger partial charge in [0.25, 0.3) is 0 Å². The minimum absolute atomic E-state index is 0.627. The zero-order chi connectivity index (χ0) is 17.8. The predicted octanol–water partition coefficient (Wildman–Crippen LogP) is 4.67. The minimum atomic E-state index is 0.627. The molecule has 5 heteroatoms. The van der Waals surface area contributed by atoms with Crippen molar-refractivity contribution in [3.63, 3.8) is 0 Å². The van der Waals surface area contributed by atoms with Crippen molar-refractivity contribution in [3.8, 4) is 0 Å². The second-order valence-electron chi connectivity index (χ2n) is 8.13. The highest BCUT2D eigenvalue weighted by molar-refractivity contribution is 5.11. The van der Waals surface area contributed by atoms with Gasteiger partial charge in [-0.1, -0.05) is 30.8 Å². The molecule has 1 aliphatic carbocycles. The van der Waals surface area contributed by atoms with Crippen LogP contribution in [-0.4, -0.2) is 32.2 Å². The van der Waals surface area contributed by atoms with E-state index >= 15 is 0 Å². The molecule has 5 nitrogen and oxygen atoms in total. The van der Waals surface area contributed by atoms with Gasteiger partial charge in [-0.05, 0) is 45.6 Å². The van der Waals surface area contributed by atoms with E-state index in [1.54, 1.807) is 0 Å². The van der Waals surface area contributed by atoms with Crippen LogP contribution in [0.4, 0.5) is 0 Å². The first-order chi connectivity index (χ1) is 12.8. The molecule has 0 amide bonds. The maximum Gasteiger partial charge on any atom is 0.150 e. The number of likely N-dealkylation sites (tertiary alicyclic amines) is 1. The van der Waals surface area contributed by atoms with E-state index in [2.05, 4.69) is 38.8 Å². The van der Waals surface area contributed by atoms with Crippen LogP contribution in [0.1, 0.15) is 81.0 Å². The summed E-state index contributed by atoms with van der Waals surface area (Å²) in [6.45, 7) is 5.22. The molecule has 1 atom stereocenters. The van der Waals surface area contributed by atoms with Crippen LogP contribution in [0, 0.1) is 6.92 Å². The molecule has 1 unspecified atom stereocenters. The van der Waals surface area contributed by atoms with Crippen molar-refractivity contribution >= 4 is 0 Å². The number of aryl methyl sites for hydroxylation is 2. The van der Waals surface area contributed by atoms with E-state index < -0.39 is 0 Å². The molecule has 2 aromatic heterocycles. The van der Waals surface area contributed by atoms with Crippen LogP contribution in [0.25, 0.3) is 0 Å². The maximum atomic E-state index is 5.73. The van der Waals surface area contributed by atoms with Crippen LogP contribution in [0.3, 0.4) is 0 Å². The van der Waals surface area contributed by atoms with Gasteiger partial charge in [0.1, 0.15) is 5.82 Å². The molecule has 0 spiro atoms. The highest BCUT2D eigenvalue weighted by Crippen LogP contribution is 2.32. The summed E-state index contributed by atoms with van der Waals surface area (Å²) in [4.78, 5) is 6.95. The van der Waals surface area contributed by atoms with Crippen LogP contribution in [0.5, 0.6) is 0 Å². The average molecular weight is 357 g/mol. The Bertz CT molecular complexity index is 686. The lowest BCUT2D eigenvalue weighted by molar-refractivity contribution is 0.115. The van der Waals surface area contributed by atoms with Crippen LogP contribution in [-0.2, 0) is 13.1 Å². The predicted molar refractivity (Wildman–Crippen MR) is 102 cm³/mol. The lowest BCUT2D eigenvalue weighted by atomic mass is 9.87. The summed E-state index contributed by atoms with van der Waals surface area (Å²) in [5.74, 6) is 2.79. The molecule has 2 fully saturated rings. The molecule has 26 heavy (non-hydrogen) atoms. The summed E-state index contributed by atoms with van der Waals surface area (Å²) >= 11 is 0. The molecule has 2 aromatic rings. The Labute approximate surface area is 156 Å². The van der Waals surface area contributed by atoms with Crippen LogP contribution in [0.2, 0.25) is 0 Å².